The zero-order chi connectivity index (χ0) is 20.3. The molecule has 0 radical (unpaired) electrons. The van der Waals surface area contributed by atoms with Crippen molar-refractivity contribution in [3.05, 3.63) is 64.8 Å². The summed E-state index contributed by atoms with van der Waals surface area (Å²) < 4.78 is 2.86. The van der Waals surface area contributed by atoms with Gasteiger partial charge in [-0.3, -0.25) is 4.79 Å². The van der Waals surface area contributed by atoms with Gasteiger partial charge in [0.25, 0.3) is 0 Å². The number of nitrogens with zero attached hydrogens (tertiary/aromatic N) is 2. The van der Waals surface area contributed by atoms with E-state index in [0.717, 1.165) is 20.9 Å². The molecule has 6 nitrogen and oxygen atoms in total. The molecule has 0 aliphatic heterocycles. The largest absolute Gasteiger partial charge is 0.347 e. The van der Waals surface area contributed by atoms with Crippen LogP contribution in [0.3, 0.4) is 0 Å². The average molecular weight is 443 g/mol. The Kier molecular flexibility index (Phi) is 6.04. The van der Waals surface area contributed by atoms with Gasteiger partial charge in [-0.05, 0) is 42.8 Å². The number of nitrogens with one attached hydrogen (secondary N) is 2. The van der Waals surface area contributed by atoms with Crippen LogP contribution in [0.5, 0.6) is 0 Å². The SMILES string of the molecule is CC(NC(=O)Nc1ccc2c(ccn2CC(=O)N(C)C)c1)c1ccccc1Br. The summed E-state index contributed by atoms with van der Waals surface area (Å²) in [6, 6.07) is 15.0. The molecule has 1 atom stereocenters. The summed E-state index contributed by atoms with van der Waals surface area (Å²) in [6.45, 7) is 2.22. The van der Waals surface area contributed by atoms with Gasteiger partial charge in [-0.2, -0.15) is 0 Å². The molecular weight excluding hydrogens is 420 g/mol. The van der Waals surface area contributed by atoms with E-state index in [0.29, 0.717) is 5.69 Å². The van der Waals surface area contributed by atoms with E-state index in [9.17, 15) is 9.59 Å². The van der Waals surface area contributed by atoms with Crippen molar-refractivity contribution in [2.24, 2.45) is 0 Å². The molecule has 7 heteroatoms. The number of likely N-dealkylation sites (N-methyl/N-ethyl adjacent to an activating group) is 1. The van der Waals surface area contributed by atoms with Gasteiger partial charge in [0.1, 0.15) is 6.54 Å². The Bertz CT molecular complexity index is 1010. The number of aromatic nitrogens is 1. The lowest BCUT2D eigenvalue weighted by molar-refractivity contribution is -0.129. The summed E-state index contributed by atoms with van der Waals surface area (Å²) in [5.74, 6) is 0.0279. The van der Waals surface area contributed by atoms with Gasteiger partial charge < -0.3 is 20.1 Å². The molecule has 1 unspecified atom stereocenters. The molecule has 1 aromatic heterocycles. The highest BCUT2D eigenvalue weighted by Gasteiger charge is 2.13. The second kappa shape index (κ2) is 8.48. The van der Waals surface area contributed by atoms with Crippen LogP contribution < -0.4 is 10.6 Å². The fraction of sp³-hybridized carbons (Fsp3) is 0.238. The maximum atomic E-state index is 12.4. The number of fused-ring (bicyclic) bond motifs is 1. The molecule has 2 aromatic carbocycles. The van der Waals surface area contributed by atoms with Crippen molar-refractivity contribution in [1.82, 2.24) is 14.8 Å². The number of hydrogen-bond acceptors (Lipinski definition) is 2. The highest BCUT2D eigenvalue weighted by molar-refractivity contribution is 9.10. The van der Waals surface area contributed by atoms with Crippen LogP contribution in [0.15, 0.2) is 59.2 Å². The fourth-order valence-corrected chi connectivity index (χ4v) is 3.60. The molecule has 3 amide bonds. The van der Waals surface area contributed by atoms with Crippen LogP contribution in [-0.4, -0.2) is 35.5 Å². The number of anilines is 1. The van der Waals surface area contributed by atoms with Crippen LogP contribution in [0.1, 0.15) is 18.5 Å². The second-order valence-corrected chi connectivity index (χ2v) is 7.70. The first kappa shape index (κ1) is 19.9. The third kappa shape index (κ3) is 4.54. The van der Waals surface area contributed by atoms with Crippen molar-refractivity contribution >= 4 is 44.5 Å². The Morgan fingerprint density at radius 1 is 1.14 bits per heavy atom. The van der Waals surface area contributed by atoms with Gasteiger partial charge in [0.15, 0.2) is 0 Å². The van der Waals surface area contributed by atoms with Crippen molar-refractivity contribution in [2.75, 3.05) is 19.4 Å². The van der Waals surface area contributed by atoms with Gasteiger partial charge in [-0.15, -0.1) is 0 Å². The third-order valence-electron chi connectivity index (χ3n) is 4.55. The normalized spacial score (nSPS) is 11.9. The summed E-state index contributed by atoms with van der Waals surface area (Å²) >= 11 is 3.51. The summed E-state index contributed by atoms with van der Waals surface area (Å²) in [7, 11) is 3.48. The quantitative estimate of drug-likeness (QED) is 0.615. The summed E-state index contributed by atoms with van der Waals surface area (Å²) in [4.78, 5) is 25.9. The molecule has 1 heterocycles. The average Bonchev–Trinajstić information content (AvgIpc) is 3.03. The smallest absolute Gasteiger partial charge is 0.319 e. The van der Waals surface area contributed by atoms with E-state index >= 15 is 0 Å². The van der Waals surface area contributed by atoms with Crippen molar-refractivity contribution in [1.29, 1.82) is 0 Å². The Morgan fingerprint density at radius 3 is 2.61 bits per heavy atom. The minimum Gasteiger partial charge on any atom is -0.347 e. The number of carbonyl (C=O) groups excluding carboxylic acids is 2. The lowest BCUT2D eigenvalue weighted by Gasteiger charge is -2.16. The van der Waals surface area contributed by atoms with Crippen molar-refractivity contribution < 1.29 is 9.59 Å². The predicted octanol–water partition coefficient (Wildman–Crippen LogP) is 4.37. The van der Waals surface area contributed by atoms with Gasteiger partial charge in [0.05, 0.1) is 6.04 Å². The molecule has 0 saturated heterocycles. The zero-order valence-electron chi connectivity index (χ0n) is 16.1. The van der Waals surface area contributed by atoms with E-state index in [4.69, 9.17) is 0 Å². The maximum Gasteiger partial charge on any atom is 0.319 e. The number of hydrogen-bond donors (Lipinski definition) is 2. The Morgan fingerprint density at radius 2 is 1.89 bits per heavy atom. The van der Waals surface area contributed by atoms with Gasteiger partial charge in [-0.25, -0.2) is 4.79 Å². The Balaban J connectivity index is 1.68. The lowest BCUT2D eigenvalue weighted by atomic mass is 10.1. The first-order valence-corrected chi connectivity index (χ1v) is 9.75. The number of rotatable bonds is 5. The Labute approximate surface area is 172 Å². The fourth-order valence-electron chi connectivity index (χ4n) is 2.97. The molecule has 28 heavy (non-hydrogen) atoms. The van der Waals surface area contributed by atoms with E-state index in [2.05, 4.69) is 26.6 Å². The van der Waals surface area contributed by atoms with Gasteiger partial charge in [0.2, 0.25) is 5.91 Å². The third-order valence-corrected chi connectivity index (χ3v) is 5.27. The molecule has 0 saturated carbocycles. The van der Waals surface area contributed by atoms with Crippen molar-refractivity contribution in [3.8, 4) is 0 Å². The lowest BCUT2D eigenvalue weighted by Crippen LogP contribution is -2.31. The highest BCUT2D eigenvalue weighted by Crippen LogP contribution is 2.23. The topological polar surface area (TPSA) is 66.4 Å². The summed E-state index contributed by atoms with van der Waals surface area (Å²) in [6.07, 6.45) is 1.88. The molecule has 0 spiro atoms. The molecule has 3 aromatic rings. The molecule has 0 bridgehead atoms. The molecule has 3 rings (SSSR count). The van der Waals surface area contributed by atoms with Gasteiger partial charge in [-0.1, -0.05) is 34.1 Å². The van der Waals surface area contributed by atoms with Crippen LogP contribution in [0.2, 0.25) is 0 Å². The van der Waals surface area contributed by atoms with Crippen LogP contribution in [0.4, 0.5) is 10.5 Å². The Hall–Kier alpha value is -2.80. The van der Waals surface area contributed by atoms with Crippen LogP contribution in [0, 0.1) is 0 Å². The number of halogens is 1. The second-order valence-electron chi connectivity index (χ2n) is 6.85. The summed E-state index contributed by atoms with van der Waals surface area (Å²) in [5.41, 5.74) is 2.65. The van der Waals surface area contributed by atoms with E-state index in [-0.39, 0.29) is 24.5 Å². The number of carbonyl (C=O) groups is 2. The van der Waals surface area contributed by atoms with Crippen LogP contribution >= 0.6 is 15.9 Å². The summed E-state index contributed by atoms with van der Waals surface area (Å²) in [5, 5.41) is 6.78. The highest BCUT2D eigenvalue weighted by atomic mass is 79.9. The van der Waals surface area contributed by atoms with Crippen LogP contribution in [-0.2, 0) is 11.3 Å². The molecule has 2 N–H and O–H groups in total. The minimum absolute atomic E-state index is 0.0279. The molecular formula is C21H23BrN4O2. The number of urea groups is 1. The first-order chi connectivity index (χ1) is 13.3. The number of amides is 3. The number of benzene rings is 2. The first-order valence-electron chi connectivity index (χ1n) is 8.96. The molecule has 0 aliphatic carbocycles. The predicted molar refractivity (Wildman–Crippen MR) is 115 cm³/mol. The van der Waals surface area contributed by atoms with E-state index in [1.807, 2.05) is 66.2 Å². The van der Waals surface area contributed by atoms with Crippen molar-refractivity contribution in [3.63, 3.8) is 0 Å². The monoisotopic (exact) mass is 442 g/mol. The molecule has 146 valence electrons. The van der Waals surface area contributed by atoms with E-state index in [1.165, 1.54) is 0 Å². The van der Waals surface area contributed by atoms with Gasteiger partial charge >= 0.3 is 6.03 Å². The minimum atomic E-state index is -0.273. The van der Waals surface area contributed by atoms with Crippen LogP contribution in [0.25, 0.3) is 10.9 Å². The maximum absolute atomic E-state index is 12.4. The van der Waals surface area contributed by atoms with E-state index < -0.39 is 0 Å². The van der Waals surface area contributed by atoms with E-state index in [1.54, 1.807) is 19.0 Å². The van der Waals surface area contributed by atoms with Crippen molar-refractivity contribution in [2.45, 2.75) is 19.5 Å². The molecule has 0 aliphatic rings. The molecule has 0 fully saturated rings. The standard InChI is InChI=1S/C21H23BrN4O2/c1-14(17-6-4-5-7-18(17)22)23-21(28)24-16-8-9-19-15(12-16)10-11-26(19)13-20(27)25(2)3/h4-12,14H,13H2,1-3H3,(H2,23,24,28). The zero-order valence-corrected chi connectivity index (χ0v) is 17.7. The van der Waals surface area contributed by atoms with Gasteiger partial charge in [0, 0.05) is 41.4 Å².